The van der Waals surface area contributed by atoms with Crippen LogP contribution in [-0.4, -0.2) is 17.2 Å². The molecule has 0 spiro atoms. The van der Waals surface area contributed by atoms with Crippen LogP contribution in [0.15, 0.2) is 43.0 Å². The predicted molar refractivity (Wildman–Crippen MR) is 57.2 cm³/mol. The van der Waals surface area contributed by atoms with Gasteiger partial charge >= 0.3 is 5.97 Å². The molecule has 0 saturated heterocycles. The Hall–Kier alpha value is -1.61. The monoisotopic (exact) mass is 206 g/mol. The summed E-state index contributed by atoms with van der Waals surface area (Å²) >= 11 is 0. The molecule has 0 aliphatic rings. The average Bonchev–Trinajstić information content (AvgIpc) is 2.26. The Morgan fingerprint density at radius 3 is 2.53 bits per heavy atom. The quantitative estimate of drug-likeness (QED) is 0.604. The number of aliphatic hydroxyl groups is 1. The van der Waals surface area contributed by atoms with Crippen molar-refractivity contribution in [2.45, 2.75) is 19.1 Å². The van der Waals surface area contributed by atoms with Crippen molar-refractivity contribution in [2.24, 2.45) is 0 Å². The molecular formula is C12H14O3. The molecule has 0 bridgehead atoms. The van der Waals surface area contributed by atoms with Crippen molar-refractivity contribution in [3.63, 3.8) is 0 Å². The molecule has 2 unspecified atom stereocenters. The molecule has 0 aliphatic heterocycles. The zero-order valence-electron chi connectivity index (χ0n) is 8.59. The number of esters is 1. The van der Waals surface area contributed by atoms with Crippen LogP contribution in [0.2, 0.25) is 0 Å². The molecule has 1 aromatic carbocycles. The minimum Gasteiger partial charge on any atom is -0.455 e. The van der Waals surface area contributed by atoms with Crippen LogP contribution in [0.5, 0.6) is 0 Å². The first-order valence-electron chi connectivity index (χ1n) is 4.68. The van der Waals surface area contributed by atoms with Gasteiger partial charge in [0.05, 0.1) is 0 Å². The van der Waals surface area contributed by atoms with Crippen LogP contribution in [0.1, 0.15) is 18.6 Å². The maximum Gasteiger partial charge on any atom is 0.303 e. The highest BCUT2D eigenvalue weighted by Gasteiger charge is 2.20. The van der Waals surface area contributed by atoms with E-state index >= 15 is 0 Å². The number of aliphatic hydroxyl groups excluding tert-OH is 1. The van der Waals surface area contributed by atoms with Crippen molar-refractivity contribution in [2.75, 3.05) is 0 Å². The number of benzene rings is 1. The summed E-state index contributed by atoms with van der Waals surface area (Å²) in [6.07, 6.45) is -0.156. The third-order valence-electron chi connectivity index (χ3n) is 1.99. The van der Waals surface area contributed by atoms with Gasteiger partial charge in [-0.15, -0.1) is 0 Å². The molecule has 15 heavy (non-hydrogen) atoms. The fraction of sp³-hybridized carbons (Fsp3) is 0.250. The minimum absolute atomic E-state index is 0.435. The van der Waals surface area contributed by atoms with E-state index in [2.05, 4.69) is 6.58 Å². The lowest BCUT2D eigenvalue weighted by molar-refractivity contribution is -0.149. The molecule has 0 fully saturated rings. The Morgan fingerprint density at radius 2 is 2.07 bits per heavy atom. The molecule has 3 nitrogen and oxygen atoms in total. The summed E-state index contributed by atoms with van der Waals surface area (Å²) in [7, 11) is 0. The molecule has 1 N–H and O–H groups in total. The lowest BCUT2D eigenvalue weighted by Gasteiger charge is -2.19. The Balaban J connectivity index is 2.77. The fourth-order valence-electron chi connectivity index (χ4n) is 1.27. The average molecular weight is 206 g/mol. The van der Waals surface area contributed by atoms with Gasteiger partial charge in [-0.3, -0.25) is 4.79 Å². The SMILES string of the molecule is C=CC(OC(C)=O)C(O)c1ccccc1. The molecule has 0 saturated carbocycles. The molecule has 0 heterocycles. The minimum atomic E-state index is -0.868. The second-order valence-corrected chi connectivity index (χ2v) is 3.17. The summed E-state index contributed by atoms with van der Waals surface area (Å²) in [4.78, 5) is 10.8. The predicted octanol–water partition coefficient (Wildman–Crippen LogP) is 1.84. The number of hydrogen-bond donors (Lipinski definition) is 1. The highest BCUT2D eigenvalue weighted by atomic mass is 16.6. The molecule has 80 valence electrons. The van der Waals surface area contributed by atoms with Crippen molar-refractivity contribution in [1.29, 1.82) is 0 Å². The van der Waals surface area contributed by atoms with Crippen LogP contribution in [0.25, 0.3) is 0 Å². The first kappa shape index (κ1) is 11.5. The van der Waals surface area contributed by atoms with Gasteiger partial charge < -0.3 is 9.84 Å². The summed E-state index contributed by atoms with van der Waals surface area (Å²) in [6, 6.07) is 9.01. The molecule has 0 aliphatic carbocycles. The molecule has 1 rings (SSSR count). The van der Waals surface area contributed by atoms with Crippen LogP contribution >= 0.6 is 0 Å². The second-order valence-electron chi connectivity index (χ2n) is 3.17. The lowest BCUT2D eigenvalue weighted by atomic mass is 10.0. The van der Waals surface area contributed by atoms with E-state index in [0.717, 1.165) is 0 Å². The summed E-state index contributed by atoms with van der Waals surface area (Å²) in [6.45, 7) is 4.82. The molecule has 1 aromatic rings. The summed E-state index contributed by atoms with van der Waals surface area (Å²) in [5.41, 5.74) is 0.698. The Kier molecular flexibility index (Phi) is 4.06. The molecule has 2 atom stereocenters. The lowest BCUT2D eigenvalue weighted by Crippen LogP contribution is -2.22. The van der Waals surface area contributed by atoms with Crippen LogP contribution in [0.3, 0.4) is 0 Å². The number of rotatable bonds is 4. The number of ether oxygens (including phenoxy) is 1. The van der Waals surface area contributed by atoms with Crippen molar-refractivity contribution in [3.05, 3.63) is 48.6 Å². The van der Waals surface area contributed by atoms with Gasteiger partial charge in [-0.25, -0.2) is 0 Å². The normalized spacial score (nSPS) is 14.0. The van der Waals surface area contributed by atoms with Gasteiger partial charge in [0.2, 0.25) is 0 Å². The maximum atomic E-state index is 10.8. The fourth-order valence-corrected chi connectivity index (χ4v) is 1.27. The standard InChI is InChI=1S/C12H14O3/c1-3-11(15-9(2)13)12(14)10-7-5-4-6-8-10/h3-8,11-12,14H,1H2,2H3. The largest absolute Gasteiger partial charge is 0.455 e. The smallest absolute Gasteiger partial charge is 0.303 e. The number of carbonyl (C=O) groups excluding carboxylic acids is 1. The van der Waals surface area contributed by atoms with E-state index in [-0.39, 0.29) is 0 Å². The Bertz CT molecular complexity index is 332. The van der Waals surface area contributed by atoms with E-state index in [9.17, 15) is 9.90 Å². The van der Waals surface area contributed by atoms with E-state index in [1.54, 1.807) is 12.1 Å². The van der Waals surface area contributed by atoms with Gasteiger partial charge in [0.15, 0.2) is 0 Å². The molecular weight excluding hydrogens is 192 g/mol. The van der Waals surface area contributed by atoms with Crippen LogP contribution in [0, 0.1) is 0 Å². The van der Waals surface area contributed by atoms with Gasteiger partial charge in [0.1, 0.15) is 12.2 Å². The van der Waals surface area contributed by atoms with E-state index in [4.69, 9.17) is 4.74 Å². The van der Waals surface area contributed by atoms with Gasteiger partial charge in [-0.2, -0.15) is 0 Å². The molecule has 3 heteroatoms. The topological polar surface area (TPSA) is 46.5 Å². The first-order chi connectivity index (χ1) is 7.15. The van der Waals surface area contributed by atoms with Crippen molar-refractivity contribution in [3.8, 4) is 0 Å². The van der Waals surface area contributed by atoms with Gasteiger partial charge in [-0.05, 0) is 11.6 Å². The maximum absolute atomic E-state index is 10.8. The van der Waals surface area contributed by atoms with E-state index in [1.165, 1.54) is 13.0 Å². The first-order valence-corrected chi connectivity index (χ1v) is 4.68. The highest BCUT2D eigenvalue weighted by Crippen LogP contribution is 2.19. The van der Waals surface area contributed by atoms with Gasteiger partial charge in [0, 0.05) is 6.92 Å². The van der Waals surface area contributed by atoms with Crippen LogP contribution < -0.4 is 0 Å². The van der Waals surface area contributed by atoms with E-state index < -0.39 is 18.2 Å². The third-order valence-corrected chi connectivity index (χ3v) is 1.99. The van der Waals surface area contributed by atoms with Gasteiger partial charge in [0.25, 0.3) is 0 Å². The third kappa shape index (κ3) is 3.22. The van der Waals surface area contributed by atoms with Crippen LogP contribution in [0.4, 0.5) is 0 Å². The zero-order valence-corrected chi connectivity index (χ0v) is 8.59. The van der Waals surface area contributed by atoms with Crippen LogP contribution in [-0.2, 0) is 9.53 Å². The Labute approximate surface area is 89.0 Å². The molecule has 0 amide bonds. The van der Waals surface area contributed by atoms with Gasteiger partial charge in [-0.1, -0.05) is 36.9 Å². The van der Waals surface area contributed by atoms with Crippen molar-refractivity contribution in [1.82, 2.24) is 0 Å². The second kappa shape index (κ2) is 5.32. The van der Waals surface area contributed by atoms with Crippen molar-refractivity contribution < 1.29 is 14.6 Å². The van der Waals surface area contributed by atoms with E-state index in [0.29, 0.717) is 5.56 Å². The number of carbonyl (C=O) groups is 1. The summed E-state index contributed by atoms with van der Waals surface area (Å²) < 4.78 is 4.91. The zero-order chi connectivity index (χ0) is 11.3. The summed E-state index contributed by atoms with van der Waals surface area (Å²) in [5, 5.41) is 9.88. The summed E-state index contributed by atoms with van der Waals surface area (Å²) in [5.74, 6) is -0.435. The highest BCUT2D eigenvalue weighted by molar-refractivity contribution is 5.66. The number of hydrogen-bond acceptors (Lipinski definition) is 3. The Morgan fingerprint density at radius 1 is 1.47 bits per heavy atom. The molecule has 0 aromatic heterocycles. The van der Waals surface area contributed by atoms with Crippen molar-refractivity contribution >= 4 is 5.97 Å². The molecule has 0 radical (unpaired) electrons. The van der Waals surface area contributed by atoms with E-state index in [1.807, 2.05) is 18.2 Å².